The molecule has 0 radical (unpaired) electrons. The summed E-state index contributed by atoms with van der Waals surface area (Å²) in [5, 5.41) is 10.8. The van der Waals surface area contributed by atoms with E-state index in [2.05, 4.69) is 20.7 Å². The highest BCUT2D eigenvalue weighted by Crippen LogP contribution is 2.27. The minimum absolute atomic E-state index is 0.0503. The minimum Gasteiger partial charge on any atom is -0.483 e. The molecule has 138 valence electrons. The highest BCUT2D eigenvalue weighted by Gasteiger charge is 2.22. The van der Waals surface area contributed by atoms with E-state index in [1.807, 2.05) is 28.9 Å². The van der Waals surface area contributed by atoms with Crippen LogP contribution in [-0.4, -0.2) is 39.9 Å². The molecule has 1 aromatic heterocycles. The summed E-state index contributed by atoms with van der Waals surface area (Å²) < 4.78 is 7.72. The van der Waals surface area contributed by atoms with E-state index in [4.69, 9.17) is 4.74 Å². The van der Waals surface area contributed by atoms with E-state index in [1.165, 1.54) is 12.8 Å². The second-order valence-corrected chi connectivity index (χ2v) is 7.12. The largest absolute Gasteiger partial charge is 0.483 e. The molecule has 1 saturated carbocycles. The molecule has 7 nitrogen and oxygen atoms in total. The second-order valence-electron chi connectivity index (χ2n) is 7.12. The lowest BCUT2D eigenvalue weighted by Gasteiger charge is -2.24. The number of hydrogen-bond acceptors (Lipinski definition) is 5. The van der Waals surface area contributed by atoms with E-state index in [0.717, 1.165) is 43.1 Å². The van der Waals surface area contributed by atoms with Gasteiger partial charge in [-0.3, -0.25) is 4.79 Å². The molecule has 2 heterocycles. The molecule has 1 aromatic carbocycles. The van der Waals surface area contributed by atoms with Gasteiger partial charge in [0.15, 0.2) is 6.61 Å². The van der Waals surface area contributed by atoms with E-state index < -0.39 is 0 Å². The molecule has 1 aliphatic heterocycles. The molecule has 1 fully saturated rings. The minimum atomic E-state index is -0.0503. The number of nitrogens with one attached hydrogen (secondary N) is 2. The van der Waals surface area contributed by atoms with Crippen molar-refractivity contribution in [2.75, 3.05) is 13.2 Å². The number of fused-ring (bicyclic) bond motifs is 1. The van der Waals surface area contributed by atoms with Gasteiger partial charge in [0.1, 0.15) is 17.9 Å². The monoisotopic (exact) mass is 355 g/mol. The molecule has 2 N–H and O–H groups in total. The molecule has 2 aliphatic rings. The van der Waals surface area contributed by atoms with Crippen LogP contribution in [0.3, 0.4) is 0 Å². The summed E-state index contributed by atoms with van der Waals surface area (Å²) in [6.07, 6.45) is 6.07. The number of rotatable bonds is 8. The zero-order valence-electron chi connectivity index (χ0n) is 14.9. The number of benzene rings is 1. The summed E-state index contributed by atoms with van der Waals surface area (Å²) in [6.45, 7) is 2.38. The number of carbonyl (C=O) groups excluding carboxylic acids is 1. The smallest absolute Gasteiger partial charge is 0.257 e. The van der Waals surface area contributed by atoms with Crippen LogP contribution >= 0.6 is 0 Å². The Labute approximate surface area is 153 Å². The third-order valence-electron chi connectivity index (χ3n) is 5.00. The fourth-order valence-electron chi connectivity index (χ4n) is 3.22. The van der Waals surface area contributed by atoms with Crippen LogP contribution in [0.15, 0.2) is 30.6 Å². The van der Waals surface area contributed by atoms with Gasteiger partial charge in [0.25, 0.3) is 5.91 Å². The van der Waals surface area contributed by atoms with Gasteiger partial charge in [0.05, 0.1) is 6.54 Å². The summed E-state index contributed by atoms with van der Waals surface area (Å²) in [5.74, 6) is 2.45. The van der Waals surface area contributed by atoms with Gasteiger partial charge in [-0.15, -0.1) is 0 Å². The Kier molecular flexibility index (Phi) is 5.15. The number of hydrogen-bond donors (Lipinski definition) is 2. The molecule has 1 aliphatic carbocycles. The number of amides is 1. The van der Waals surface area contributed by atoms with Crippen LogP contribution in [0, 0.1) is 5.92 Å². The average molecular weight is 355 g/mol. The highest BCUT2D eigenvalue weighted by molar-refractivity contribution is 5.77. The van der Waals surface area contributed by atoms with Gasteiger partial charge in [-0.1, -0.05) is 18.2 Å². The fraction of sp³-hybridized carbons (Fsp3) is 0.526. The maximum atomic E-state index is 11.9. The Bertz CT molecular complexity index is 756. The molecule has 0 spiro atoms. The topological polar surface area (TPSA) is 81.1 Å². The first-order valence-electron chi connectivity index (χ1n) is 9.35. The quantitative estimate of drug-likeness (QED) is 0.746. The molecule has 26 heavy (non-hydrogen) atoms. The van der Waals surface area contributed by atoms with Gasteiger partial charge in [0.2, 0.25) is 0 Å². The first-order chi connectivity index (χ1) is 12.8. The van der Waals surface area contributed by atoms with Crippen molar-refractivity contribution >= 4 is 5.91 Å². The van der Waals surface area contributed by atoms with Crippen LogP contribution in [0.2, 0.25) is 0 Å². The molecular formula is C19H25N5O2. The number of carbonyl (C=O) groups is 1. The molecule has 0 bridgehead atoms. The van der Waals surface area contributed by atoms with Crippen molar-refractivity contribution in [3.8, 4) is 5.75 Å². The van der Waals surface area contributed by atoms with Crippen LogP contribution in [-0.2, 0) is 24.3 Å². The summed E-state index contributed by atoms with van der Waals surface area (Å²) in [4.78, 5) is 16.1. The zero-order valence-corrected chi connectivity index (χ0v) is 14.9. The SMILES string of the molecule is O=C(COc1ccccc1CNC1CCc2ncnn2C1)NCC1CC1. The van der Waals surface area contributed by atoms with E-state index >= 15 is 0 Å². The Balaban J connectivity index is 1.27. The van der Waals surface area contributed by atoms with Crippen molar-refractivity contribution in [2.24, 2.45) is 5.92 Å². The van der Waals surface area contributed by atoms with E-state index in [1.54, 1.807) is 6.33 Å². The maximum absolute atomic E-state index is 11.9. The number of para-hydroxylation sites is 1. The van der Waals surface area contributed by atoms with E-state index in [9.17, 15) is 4.79 Å². The molecular weight excluding hydrogens is 330 g/mol. The Morgan fingerprint density at radius 3 is 3.04 bits per heavy atom. The first-order valence-corrected chi connectivity index (χ1v) is 9.35. The number of aryl methyl sites for hydroxylation is 1. The lowest BCUT2D eigenvalue weighted by atomic mass is 10.1. The third-order valence-corrected chi connectivity index (χ3v) is 5.00. The summed E-state index contributed by atoms with van der Waals surface area (Å²) >= 11 is 0. The van der Waals surface area contributed by atoms with Crippen LogP contribution in [0.5, 0.6) is 5.75 Å². The maximum Gasteiger partial charge on any atom is 0.257 e. The Morgan fingerprint density at radius 2 is 2.15 bits per heavy atom. The van der Waals surface area contributed by atoms with E-state index in [-0.39, 0.29) is 12.5 Å². The van der Waals surface area contributed by atoms with Crippen LogP contribution in [0.4, 0.5) is 0 Å². The molecule has 1 unspecified atom stereocenters. The van der Waals surface area contributed by atoms with Crippen LogP contribution in [0.25, 0.3) is 0 Å². The normalized spacial score (nSPS) is 19.0. The van der Waals surface area contributed by atoms with Gasteiger partial charge >= 0.3 is 0 Å². The predicted octanol–water partition coefficient (Wildman–Crippen LogP) is 1.29. The highest BCUT2D eigenvalue weighted by atomic mass is 16.5. The lowest BCUT2D eigenvalue weighted by molar-refractivity contribution is -0.123. The molecule has 2 aromatic rings. The fourth-order valence-corrected chi connectivity index (χ4v) is 3.22. The number of ether oxygens (including phenoxy) is 1. The first kappa shape index (κ1) is 17.0. The lowest BCUT2D eigenvalue weighted by Crippen LogP contribution is -2.37. The molecule has 1 atom stereocenters. The van der Waals surface area contributed by atoms with Crippen molar-refractivity contribution < 1.29 is 9.53 Å². The van der Waals surface area contributed by atoms with Crippen molar-refractivity contribution in [1.82, 2.24) is 25.4 Å². The number of aromatic nitrogens is 3. The van der Waals surface area contributed by atoms with Crippen molar-refractivity contribution in [1.29, 1.82) is 0 Å². The molecule has 1 amide bonds. The van der Waals surface area contributed by atoms with Gasteiger partial charge in [0, 0.05) is 31.1 Å². The predicted molar refractivity (Wildman–Crippen MR) is 96.6 cm³/mol. The van der Waals surface area contributed by atoms with Crippen molar-refractivity contribution in [3.05, 3.63) is 42.0 Å². The third kappa shape index (κ3) is 4.40. The number of nitrogens with zero attached hydrogens (tertiary/aromatic N) is 3. The Morgan fingerprint density at radius 1 is 1.27 bits per heavy atom. The molecule has 0 saturated heterocycles. The van der Waals surface area contributed by atoms with E-state index in [0.29, 0.717) is 18.5 Å². The van der Waals surface area contributed by atoms with Crippen molar-refractivity contribution in [3.63, 3.8) is 0 Å². The van der Waals surface area contributed by atoms with Crippen LogP contribution < -0.4 is 15.4 Å². The second kappa shape index (κ2) is 7.86. The van der Waals surface area contributed by atoms with Gasteiger partial charge in [-0.25, -0.2) is 9.67 Å². The van der Waals surface area contributed by atoms with Gasteiger partial charge < -0.3 is 15.4 Å². The molecule has 4 rings (SSSR count). The summed E-state index contributed by atoms with van der Waals surface area (Å²) in [7, 11) is 0. The average Bonchev–Trinajstić information content (AvgIpc) is 3.39. The van der Waals surface area contributed by atoms with Gasteiger partial charge in [-0.05, 0) is 31.2 Å². The summed E-state index contributed by atoms with van der Waals surface area (Å²) in [5.41, 5.74) is 1.06. The van der Waals surface area contributed by atoms with Gasteiger partial charge in [-0.2, -0.15) is 5.10 Å². The zero-order chi connectivity index (χ0) is 17.8. The standard InChI is InChI=1S/C19H25N5O2/c25-19(21-9-14-5-6-14)12-26-17-4-2-1-3-15(17)10-20-16-7-8-18-22-13-23-24(18)11-16/h1-4,13-14,16,20H,5-12H2,(H,21,25). The molecule has 7 heteroatoms. The summed E-state index contributed by atoms with van der Waals surface area (Å²) in [6, 6.07) is 8.24. The Hall–Kier alpha value is -2.41. The van der Waals surface area contributed by atoms with Crippen LogP contribution in [0.1, 0.15) is 30.7 Å². The van der Waals surface area contributed by atoms with Crippen molar-refractivity contribution in [2.45, 2.75) is 44.8 Å².